The van der Waals surface area contributed by atoms with Crippen molar-refractivity contribution in [2.24, 2.45) is 17.6 Å². The zero-order chi connectivity index (χ0) is 18.7. The van der Waals surface area contributed by atoms with Crippen molar-refractivity contribution in [2.75, 3.05) is 32.1 Å². The van der Waals surface area contributed by atoms with Gasteiger partial charge in [0.2, 0.25) is 5.91 Å². The van der Waals surface area contributed by atoms with Crippen molar-refractivity contribution >= 4 is 34.1 Å². The van der Waals surface area contributed by atoms with Gasteiger partial charge in [0.1, 0.15) is 5.00 Å². The molecule has 8 heteroatoms. The van der Waals surface area contributed by atoms with Crippen molar-refractivity contribution in [1.82, 2.24) is 4.90 Å². The number of thiophene rings is 1. The minimum atomic E-state index is -0.633. The number of hydrogen-bond acceptors (Lipinski definition) is 6. The molecule has 2 heterocycles. The SMILES string of the molecule is COC(=O)c1c(NC(=O)CN2C[C@H](C)C[C@@H](C)C2)sc(C(N)=O)c1C. The summed E-state index contributed by atoms with van der Waals surface area (Å²) in [4.78, 5) is 38.3. The molecule has 0 radical (unpaired) electrons. The second kappa shape index (κ2) is 7.97. The molecule has 3 N–H and O–H groups in total. The van der Waals surface area contributed by atoms with Crippen LogP contribution in [0, 0.1) is 18.8 Å². The molecule has 7 nitrogen and oxygen atoms in total. The van der Waals surface area contributed by atoms with Gasteiger partial charge < -0.3 is 15.8 Å². The molecule has 1 aromatic heterocycles. The Morgan fingerprint density at radius 2 is 1.88 bits per heavy atom. The molecule has 0 saturated carbocycles. The van der Waals surface area contributed by atoms with Crippen LogP contribution in [0.3, 0.4) is 0 Å². The fraction of sp³-hybridized carbons (Fsp3) is 0.588. The lowest BCUT2D eigenvalue weighted by Crippen LogP contribution is -2.42. The Morgan fingerprint density at radius 1 is 1.28 bits per heavy atom. The molecule has 1 saturated heterocycles. The normalized spacial score (nSPS) is 21.0. The quantitative estimate of drug-likeness (QED) is 0.774. The molecule has 1 aromatic rings. The highest BCUT2D eigenvalue weighted by Gasteiger charge is 2.27. The van der Waals surface area contributed by atoms with E-state index in [1.165, 1.54) is 7.11 Å². The monoisotopic (exact) mass is 367 g/mol. The summed E-state index contributed by atoms with van der Waals surface area (Å²) in [5.41, 5.74) is 5.97. The molecule has 2 amide bonds. The number of rotatable bonds is 5. The largest absolute Gasteiger partial charge is 0.465 e. The van der Waals surface area contributed by atoms with Crippen LogP contribution < -0.4 is 11.1 Å². The number of nitrogens with zero attached hydrogens (tertiary/aromatic N) is 1. The standard InChI is InChI=1S/C17H25N3O4S/c1-9-5-10(2)7-20(6-9)8-12(21)19-16-13(17(23)24-4)11(3)14(25-16)15(18)22/h9-10H,5-8H2,1-4H3,(H2,18,22)(H,19,21)/t9-,10-/m1/s1. The predicted molar refractivity (Wildman–Crippen MR) is 96.9 cm³/mol. The smallest absolute Gasteiger partial charge is 0.341 e. The maximum atomic E-state index is 12.4. The van der Waals surface area contributed by atoms with Crippen molar-refractivity contribution in [3.63, 3.8) is 0 Å². The Hall–Kier alpha value is -1.93. The molecule has 1 aliphatic rings. The molecule has 1 fully saturated rings. The Morgan fingerprint density at radius 3 is 2.40 bits per heavy atom. The second-order valence-corrected chi connectivity index (χ2v) is 7.83. The molecule has 0 aliphatic carbocycles. The summed E-state index contributed by atoms with van der Waals surface area (Å²) in [6, 6.07) is 0. The van der Waals surface area contributed by atoms with Gasteiger partial charge in [-0.2, -0.15) is 0 Å². The van der Waals surface area contributed by atoms with E-state index in [0.29, 0.717) is 22.4 Å². The predicted octanol–water partition coefficient (Wildman–Crippen LogP) is 1.86. The number of esters is 1. The van der Waals surface area contributed by atoms with Gasteiger partial charge in [-0.15, -0.1) is 11.3 Å². The van der Waals surface area contributed by atoms with Crippen LogP contribution in [0.15, 0.2) is 0 Å². The number of carbonyl (C=O) groups is 3. The minimum Gasteiger partial charge on any atom is -0.465 e. The zero-order valence-corrected chi connectivity index (χ0v) is 15.9. The third-order valence-electron chi connectivity index (χ3n) is 4.32. The van der Waals surface area contributed by atoms with E-state index in [1.54, 1.807) is 6.92 Å². The number of anilines is 1. The number of carbonyl (C=O) groups excluding carboxylic acids is 3. The van der Waals surface area contributed by atoms with Gasteiger partial charge in [0.15, 0.2) is 0 Å². The molecule has 25 heavy (non-hydrogen) atoms. The van der Waals surface area contributed by atoms with Crippen LogP contribution in [0.25, 0.3) is 0 Å². The molecule has 2 atom stereocenters. The van der Waals surface area contributed by atoms with Crippen LogP contribution in [-0.2, 0) is 9.53 Å². The molecule has 0 unspecified atom stereocenters. The summed E-state index contributed by atoms with van der Waals surface area (Å²) < 4.78 is 4.76. The third kappa shape index (κ3) is 4.58. The van der Waals surface area contributed by atoms with Crippen LogP contribution in [-0.4, -0.2) is 49.4 Å². The van der Waals surface area contributed by atoms with Gasteiger partial charge in [-0.05, 0) is 30.7 Å². The van der Waals surface area contributed by atoms with Crippen LogP contribution in [0.1, 0.15) is 45.9 Å². The number of nitrogens with one attached hydrogen (secondary N) is 1. The summed E-state index contributed by atoms with van der Waals surface area (Å²) in [6.07, 6.45) is 1.16. The van der Waals surface area contributed by atoms with Crippen LogP contribution in [0.2, 0.25) is 0 Å². The maximum Gasteiger partial charge on any atom is 0.341 e. The fourth-order valence-corrected chi connectivity index (χ4v) is 4.54. The average molecular weight is 367 g/mol. The van der Waals surface area contributed by atoms with Crippen molar-refractivity contribution in [1.29, 1.82) is 0 Å². The highest BCUT2D eigenvalue weighted by atomic mass is 32.1. The molecule has 0 bridgehead atoms. The topological polar surface area (TPSA) is 102 Å². The van der Waals surface area contributed by atoms with Gasteiger partial charge in [-0.1, -0.05) is 13.8 Å². The Bertz CT molecular complexity index is 676. The first-order valence-corrected chi connectivity index (χ1v) is 9.08. The van der Waals surface area contributed by atoms with E-state index in [0.717, 1.165) is 30.8 Å². The fourth-order valence-electron chi connectivity index (χ4n) is 3.47. The summed E-state index contributed by atoms with van der Waals surface area (Å²) >= 11 is 1.00. The van der Waals surface area contributed by atoms with E-state index in [4.69, 9.17) is 10.5 Å². The van der Waals surface area contributed by atoms with E-state index in [2.05, 4.69) is 24.1 Å². The number of primary amides is 1. The lowest BCUT2D eigenvalue weighted by Gasteiger charge is -2.34. The van der Waals surface area contributed by atoms with Crippen molar-refractivity contribution in [3.8, 4) is 0 Å². The highest BCUT2D eigenvalue weighted by molar-refractivity contribution is 7.18. The second-order valence-electron chi connectivity index (χ2n) is 6.80. The van der Waals surface area contributed by atoms with Gasteiger partial charge >= 0.3 is 5.97 Å². The van der Waals surface area contributed by atoms with E-state index in [1.807, 2.05) is 0 Å². The first-order valence-electron chi connectivity index (χ1n) is 8.26. The summed E-state index contributed by atoms with van der Waals surface area (Å²) in [6.45, 7) is 7.97. The van der Waals surface area contributed by atoms with Gasteiger partial charge in [-0.3, -0.25) is 14.5 Å². The van der Waals surface area contributed by atoms with E-state index < -0.39 is 11.9 Å². The van der Waals surface area contributed by atoms with Gasteiger partial charge in [-0.25, -0.2) is 4.79 Å². The van der Waals surface area contributed by atoms with Crippen molar-refractivity contribution in [3.05, 3.63) is 16.0 Å². The first-order chi connectivity index (χ1) is 11.7. The molecular weight excluding hydrogens is 342 g/mol. The van der Waals surface area contributed by atoms with E-state index >= 15 is 0 Å². The first kappa shape index (κ1) is 19.4. The number of nitrogens with two attached hydrogens (primary N) is 1. The number of likely N-dealkylation sites (tertiary alicyclic amines) is 1. The van der Waals surface area contributed by atoms with Crippen molar-refractivity contribution in [2.45, 2.75) is 27.2 Å². The van der Waals surface area contributed by atoms with Gasteiger partial charge in [0.25, 0.3) is 5.91 Å². The minimum absolute atomic E-state index is 0.190. The molecule has 0 aromatic carbocycles. The summed E-state index contributed by atoms with van der Waals surface area (Å²) in [7, 11) is 1.26. The maximum absolute atomic E-state index is 12.4. The molecule has 138 valence electrons. The van der Waals surface area contributed by atoms with E-state index in [9.17, 15) is 14.4 Å². The highest BCUT2D eigenvalue weighted by Crippen LogP contribution is 2.33. The average Bonchev–Trinajstić information content (AvgIpc) is 2.81. The lowest BCUT2D eigenvalue weighted by molar-refractivity contribution is -0.117. The van der Waals surface area contributed by atoms with Crippen LogP contribution >= 0.6 is 11.3 Å². The summed E-state index contributed by atoms with van der Waals surface area (Å²) in [5, 5.41) is 3.05. The Labute approximate surface area is 151 Å². The number of piperidine rings is 1. The Kier molecular flexibility index (Phi) is 6.18. The lowest BCUT2D eigenvalue weighted by atomic mass is 9.92. The number of amides is 2. The molecule has 2 rings (SSSR count). The number of hydrogen-bond donors (Lipinski definition) is 2. The van der Waals surface area contributed by atoms with E-state index in [-0.39, 0.29) is 22.9 Å². The zero-order valence-electron chi connectivity index (χ0n) is 15.0. The number of methoxy groups -OCH3 is 1. The number of ether oxygens (including phenoxy) is 1. The van der Waals surface area contributed by atoms with Gasteiger partial charge in [0, 0.05) is 13.1 Å². The third-order valence-corrected chi connectivity index (χ3v) is 5.55. The molecule has 0 spiro atoms. The van der Waals surface area contributed by atoms with Crippen LogP contribution in [0.4, 0.5) is 5.00 Å². The summed E-state index contributed by atoms with van der Waals surface area (Å²) in [5.74, 6) is -0.354. The molecular formula is C17H25N3O4S. The van der Waals surface area contributed by atoms with Gasteiger partial charge in [0.05, 0.1) is 24.1 Å². The van der Waals surface area contributed by atoms with Crippen molar-refractivity contribution < 1.29 is 19.1 Å². The Balaban J connectivity index is 2.15. The molecule has 1 aliphatic heterocycles. The van der Waals surface area contributed by atoms with Crippen LogP contribution in [0.5, 0.6) is 0 Å².